The summed E-state index contributed by atoms with van der Waals surface area (Å²) in [6.45, 7) is -1.94. The molecule has 0 saturated heterocycles. The predicted octanol–water partition coefficient (Wildman–Crippen LogP) is -7.56. The lowest BCUT2D eigenvalue weighted by Crippen LogP contribution is -2.52. The summed E-state index contributed by atoms with van der Waals surface area (Å²) < 4.78 is 0. The summed E-state index contributed by atoms with van der Waals surface area (Å²) in [5.74, 6) is 0. The second-order valence-corrected chi connectivity index (χ2v) is 5.42. The Morgan fingerprint density at radius 3 is 0.923 bits per heavy atom. The third-order valence-corrected chi connectivity index (χ3v) is 3.40. The van der Waals surface area contributed by atoms with Gasteiger partial charge >= 0.3 is 0 Å². The first-order chi connectivity index (χ1) is 12.0. The molecule has 0 fully saturated rings. The highest BCUT2D eigenvalue weighted by atomic mass is 17.2. The minimum Gasteiger partial charge on any atom is -0.394 e. The van der Waals surface area contributed by atoms with E-state index in [4.69, 9.17) is 20.4 Å². The molecule has 0 bridgehead atoms. The van der Waals surface area contributed by atoms with Gasteiger partial charge in [0.2, 0.25) is 12.6 Å². The van der Waals surface area contributed by atoms with E-state index in [1.54, 1.807) is 0 Å². The quantitative estimate of drug-likeness (QED) is 0.0786. The Balaban J connectivity index is 4.57. The summed E-state index contributed by atoms with van der Waals surface area (Å²) in [7, 11) is 0. The molecule has 0 rings (SSSR count). The molecule has 158 valence electrons. The Morgan fingerprint density at radius 1 is 0.423 bits per heavy atom. The summed E-state index contributed by atoms with van der Waals surface area (Å²) in [6, 6.07) is 0. The van der Waals surface area contributed by atoms with Crippen LogP contribution >= 0.6 is 0 Å². The number of aliphatic hydroxyl groups is 12. The van der Waals surface area contributed by atoms with Crippen LogP contribution in [0.3, 0.4) is 0 Å². The maximum atomic E-state index is 9.50. The standard InChI is InChI=1S/C12H26O14/c13-1-3(15)5(17)7(19)9(21)11(23)25-26-12(24)10(22)8(20)6(18)4(16)2-14/h3-24H,1-2H2/t3-,4-,5-,6-,7+,8+,9+,10+,11?,12?/m1/s1. The number of hydrogen-bond donors (Lipinski definition) is 12. The van der Waals surface area contributed by atoms with Crippen molar-refractivity contribution >= 4 is 0 Å². The average Bonchev–Trinajstić information content (AvgIpc) is 2.66. The molecule has 12 N–H and O–H groups in total. The summed E-state index contributed by atoms with van der Waals surface area (Å²) in [5, 5.41) is 111. The lowest BCUT2D eigenvalue weighted by Gasteiger charge is -2.30. The van der Waals surface area contributed by atoms with Gasteiger partial charge in [0.15, 0.2) is 0 Å². The molecule has 0 aliphatic heterocycles. The number of rotatable bonds is 13. The van der Waals surface area contributed by atoms with Gasteiger partial charge in [0, 0.05) is 0 Å². The van der Waals surface area contributed by atoms with Crippen molar-refractivity contribution in [1.29, 1.82) is 0 Å². The average molecular weight is 394 g/mol. The third kappa shape index (κ3) is 7.22. The molecular formula is C12H26O14. The van der Waals surface area contributed by atoms with E-state index in [-0.39, 0.29) is 0 Å². The molecule has 26 heavy (non-hydrogen) atoms. The minimum atomic E-state index is -2.43. The fraction of sp³-hybridized carbons (Fsp3) is 1.00. The van der Waals surface area contributed by atoms with E-state index in [0.29, 0.717) is 0 Å². The smallest absolute Gasteiger partial charge is 0.217 e. The Hall–Kier alpha value is -0.560. The molecule has 0 aromatic rings. The van der Waals surface area contributed by atoms with Crippen molar-refractivity contribution < 1.29 is 71.1 Å². The lowest BCUT2D eigenvalue weighted by atomic mass is 10.0. The van der Waals surface area contributed by atoms with Crippen LogP contribution in [0.5, 0.6) is 0 Å². The zero-order valence-corrected chi connectivity index (χ0v) is 13.4. The molecule has 0 heterocycles. The highest BCUT2D eigenvalue weighted by molar-refractivity contribution is 4.83. The molecule has 0 aromatic carbocycles. The van der Waals surface area contributed by atoms with E-state index in [9.17, 15) is 40.9 Å². The Morgan fingerprint density at radius 2 is 0.692 bits per heavy atom. The molecule has 0 radical (unpaired) electrons. The van der Waals surface area contributed by atoms with E-state index >= 15 is 0 Å². The minimum absolute atomic E-state index is 0.969. The highest BCUT2D eigenvalue weighted by Crippen LogP contribution is 2.13. The summed E-state index contributed by atoms with van der Waals surface area (Å²) in [6.07, 6.45) is -21.8. The van der Waals surface area contributed by atoms with E-state index in [1.165, 1.54) is 0 Å². The Labute approximate surface area is 146 Å². The first-order valence-electron chi connectivity index (χ1n) is 7.34. The predicted molar refractivity (Wildman–Crippen MR) is 76.4 cm³/mol. The van der Waals surface area contributed by atoms with Crippen LogP contribution in [0, 0.1) is 0 Å². The molecule has 0 amide bonds. The van der Waals surface area contributed by atoms with Gasteiger partial charge in [-0.2, -0.15) is 9.78 Å². The Bertz CT molecular complexity index is 338. The van der Waals surface area contributed by atoms with Crippen molar-refractivity contribution in [2.45, 2.75) is 61.4 Å². The van der Waals surface area contributed by atoms with Gasteiger partial charge in [-0.25, -0.2) is 0 Å². The maximum absolute atomic E-state index is 9.50. The summed E-state index contributed by atoms with van der Waals surface area (Å²) in [4.78, 5) is 8.13. The van der Waals surface area contributed by atoms with Gasteiger partial charge in [-0.1, -0.05) is 0 Å². The van der Waals surface area contributed by atoms with Gasteiger partial charge < -0.3 is 61.3 Å². The van der Waals surface area contributed by atoms with Crippen LogP contribution in [0.15, 0.2) is 0 Å². The molecule has 0 spiro atoms. The van der Waals surface area contributed by atoms with Gasteiger partial charge in [-0.05, 0) is 0 Å². The van der Waals surface area contributed by atoms with Crippen LogP contribution in [0.2, 0.25) is 0 Å². The van der Waals surface area contributed by atoms with Gasteiger partial charge in [0.05, 0.1) is 13.2 Å². The first-order valence-corrected chi connectivity index (χ1v) is 7.34. The molecule has 10 atom stereocenters. The van der Waals surface area contributed by atoms with Crippen molar-refractivity contribution in [1.82, 2.24) is 0 Å². The monoisotopic (exact) mass is 394 g/mol. The molecule has 0 aromatic heterocycles. The first kappa shape index (κ1) is 25.4. The van der Waals surface area contributed by atoms with Crippen molar-refractivity contribution in [2.24, 2.45) is 0 Å². The van der Waals surface area contributed by atoms with Crippen LogP contribution in [-0.4, -0.2) is 136 Å². The van der Waals surface area contributed by atoms with Crippen LogP contribution in [0.25, 0.3) is 0 Å². The van der Waals surface area contributed by atoms with E-state index in [1.807, 2.05) is 0 Å². The molecule has 2 unspecified atom stereocenters. The van der Waals surface area contributed by atoms with Crippen LogP contribution in [-0.2, 0) is 9.78 Å². The third-order valence-electron chi connectivity index (χ3n) is 3.40. The lowest BCUT2D eigenvalue weighted by molar-refractivity contribution is -0.451. The fourth-order valence-corrected chi connectivity index (χ4v) is 1.64. The van der Waals surface area contributed by atoms with Crippen LogP contribution in [0.1, 0.15) is 0 Å². The zero-order chi connectivity index (χ0) is 20.6. The molecule has 14 nitrogen and oxygen atoms in total. The van der Waals surface area contributed by atoms with Crippen molar-refractivity contribution in [3.05, 3.63) is 0 Å². The van der Waals surface area contributed by atoms with E-state index in [0.717, 1.165) is 0 Å². The van der Waals surface area contributed by atoms with Crippen LogP contribution in [0.4, 0.5) is 0 Å². The SMILES string of the molecule is OC[C@@H](O)[C@@H](O)[C@H](O)[C@H](O)C(O)OOC(O)[C@@H](O)[C@@H](O)[C@H](O)[C@H](O)CO. The molecule has 0 aliphatic carbocycles. The normalized spacial score (nSPS) is 24.0. The van der Waals surface area contributed by atoms with Crippen molar-refractivity contribution in [3.63, 3.8) is 0 Å². The molecule has 0 saturated carbocycles. The second kappa shape index (κ2) is 12.0. The molecule has 0 aliphatic rings. The second-order valence-electron chi connectivity index (χ2n) is 5.42. The van der Waals surface area contributed by atoms with Gasteiger partial charge in [-0.3, -0.25) is 0 Å². The Kier molecular flexibility index (Phi) is 11.7. The zero-order valence-electron chi connectivity index (χ0n) is 13.4. The topological polar surface area (TPSA) is 261 Å². The largest absolute Gasteiger partial charge is 0.394 e. The van der Waals surface area contributed by atoms with Gasteiger partial charge in [0.1, 0.15) is 48.8 Å². The molecular weight excluding hydrogens is 368 g/mol. The van der Waals surface area contributed by atoms with Crippen molar-refractivity contribution in [3.8, 4) is 0 Å². The van der Waals surface area contributed by atoms with E-state index < -0.39 is 74.6 Å². The van der Waals surface area contributed by atoms with Gasteiger partial charge in [0.25, 0.3) is 0 Å². The fourth-order valence-electron chi connectivity index (χ4n) is 1.64. The molecule has 14 heteroatoms. The number of hydrogen-bond acceptors (Lipinski definition) is 14. The highest BCUT2D eigenvalue weighted by Gasteiger charge is 2.38. The van der Waals surface area contributed by atoms with Crippen molar-refractivity contribution in [2.75, 3.05) is 13.2 Å². The maximum Gasteiger partial charge on any atom is 0.217 e. The summed E-state index contributed by atoms with van der Waals surface area (Å²) in [5.41, 5.74) is 0. The van der Waals surface area contributed by atoms with E-state index in [2.05, 4.69) is 9.78 Å². The number of aliphatic hydroxyl groups excluding tert-OH is 12. The van der Waals surface area contributed by atoms with Crippen LogP contribution < -0.4 is 0 Å². The summed E-state index contributed by atoms with van der Waals surface area (Å²) >= 11 is 0. The van der Waals surface area contributed by atoms with Gasteiger partial charge in [-0.15, -0.1) is 0 Å².